The predicted molar refractivity (Wildman–Crippen MR) is 146 cm³/mol. The summed E-state index contributed by atoms with van der Waals surface area (Å²) in [6.07, 6.45) is 1.98. The first-order chi connectivity index (χ1) is 19.1. The van der Waals surface area contributed by atoms with Gasteiger partial charge in [-0.2, -0.15) is 0 Å². The highest BCUT2D eigenvalue weighted by Gasteiger charge is 2.28. The molecule has 0 aliphatic heterocycles. The number of rotatable bonds is 10. The fourth-order valence-corrected chi connectivity index (χ4v) is 4.41. The standard InChI is InChI=1S/C31H29N3O5/c1-2-37-30(35)28-27(17-21-11-5-3-6-12-21)39-29(34-28)26(18-23-19-32-25-16-10-9-15-24(23)25)33-31(36)38-20-22-13-7-4-8-14-22/h3-16,19,26,32H,2,17-18,20H2,1H3,(H,33,36)/t26-/m1/s1. The molecular formula is C31H29N3O5. The molecule has 3 aromatic carbocycles. The number of para-hydroxylation sites is 1. The number of oxazole rings is 1. The van der Waals surface area contributed by atoms with Gasteiger partial charge in [0.15, 0.2) is 5.69 Å². The van der Waals surface area contributed by atoms with E-state index < -0.39 is 18.1 Å². The van der Waals surface area contributed by atoms with Crippen molar-refractivity contribution in [1.82, 2.24) is 15.3 Å². The summed E-state index contributed by atoms with van der Waals surface area (Å²) in [5.41, 5.74) is 3.85. The minimum absolute atomic E-state index is 0.0964. The molecule has 8 nitrogen and oxygen atoms in total. The number of hydrogen-bond donors (Lipinski definition) is 2. The second-order valence-corrected chi connectivity index (χ2v) is 9.03. The summed E-state index contributed by atoms with van der Waals surface area (Å²) >= 11 is 0. The number of benzene rings is 3. The van der Waals surface area contributed by atoms with Gasteiger partial charge >= 0.3 is 12.1 Å². The third kappa shape index (κ3) is 6.35. The van der Waals surface area contributed by atoms with Crippen LogP contribution in [0, 0.1) is 0 Å². The zero-order valence-corrected chi connectivity index (χ0v) is 21.6. The normalized spacial score (nSPS) is 11.7. The Balaban J connectivity index is 1.45. The van der Waals surface area contributed by atoms with Gasteiger partial charge in [0.05, 0.1) is 6.61 Å². The second-order valence-electron chi connectivity index (χ2n) is 9.03. The van der Waals surface area contributed by atoms with E-state index in [-0.39, 0.29) is 24.8 Å². The van der Waals surface area contributed by atoms with Gasteiger partial charge in [-0.1, -0.05) is 78.9 Å². The van der Waals surface area contributed by atoms with Crippen molar-refractivity contribution in [3.63, 3.8) is 0 Å². The monoisotopic (exact) mass is 523 g/mol. The van der Waals surface area contributed by atoms with Crippen LogP contribution in [0.3, 0.4) is 0 Å². The molecule has 1 atom stereocenters. The lowest BCUT2D eigenvalue weighted by molar-refractivity contribution is 0.0518. The lowest BCUT2D eigenvalue weighted by Gasteiger charge is -2.16. The summed E-state index contributed by atoms with van der Waals surface area (Å²) in [6.45, 7) is 2.06. The number of alkyl carbamates (subject to hydrolysis) is 1. The number of hydrogen-bond acceptors (Lipinski definition) is 6. The number of amides is 1. The van der Waals surface area contributed by atoms with Crippen LogP contribution in [0.2, 0.25) is 0 Å². The molecule has 0 bridgehead atoms. The van der Waals surface area contributed by atoms with Crippen molar-refractivity contribution >= 4 is 23.0 Å². The van der Waals surface area contributed by atoms with Gasteiger partial charge in [0.25, 0.3) is 0 Å². The van der Waals surface area contributed by atoms with Gasteiger partial charge in [-0.05, 0) is 29.7 Å². The van der Waals surface area contributed by atoms with Crippen LogP contribution in [-0.4, -0.2) is 28.6 Å². The minimum atomic E-state index is -0.704. The van der Waals surface area contributed by atoms with E-state index in [1.54, 1.807) is 6.92 Å². The molecular weight excluding hydrogens is 494 g/mol. The van der Waals surface area contributed by atoms with Gasteiger partial charge in [-0.25, -0.2) is 14.6 Å². The summed E-state index contributed by atoms with van der Waals surface area (Å²) < 4.78 is 16.9. The van der Waals surface area contributed by atoms with Crippen molar-refractivity contribution in [2.75, 3.05) is 6.61 Å². The summed E-state index contributed by atoms with van der Waals surface area (Å²) in [5.74, 6) is -0.000106. The molecule has 0 saturated heterocycles. The highest BCUT2D eigenvalue weighted by molar-refractivity contribution is 5.88. The third-order valence-electron chi connectivity index (χ3n) is 6.29. The number of nitrogens with zero attached hydrogens (tertiary/aromatic N) is 1. The Labute approximate surface area is 226 Å². The number of esters is 1. The van der Waals surface area contributed by atoms with E-state index in [2.05, 4.69) is 15.3 Å². The summed E-state index contributed by atoms with van der Waals surface area (Å²) in [4.78, 5) is 33.5. The van der Waals surface area contributed by atoms with Crippen LogP contribution in [-0.2, 0) is 28.9 Å². The zero-order valence-electron chi connectivity index (χ0n) is 21.6. The van der Waals surface area contributed by atoms with Crippen molar-refractivity contribution in [2.45, 2.75) is 32.4 Å². The van der Waals surface area contributed by atoms with Crippen molar-refractivity contribution in [1.29, 1.82) is 0 Å². The largest absolute Gasteiger partial charge is 0.461 e. The molecule has 0 unspecified atom stereocenters. The third-order valence-corrected chi connectivity index (χ3v) is 6.29. The molecule has 8 heteroatoms. The van der Waals surface area contributed by atoms with E-state index in [1.165, 1.54) is 0 Å². The highest BCUT2D eigenvalue weighted by atomic mass is 16.5. The van der Waals surface area contributed by atoms with Crippen LogP contribution in [0.25, 0.3) is 10.9 Å². The van der Waals surface area contributed by atoms with E-state index in [0.717, 1.165) is 27.6 Å². The lowest BCUT2D eigenvalue weighted by Crippen LogP contribution is -2.30. The number of aromatic amines is 1. The van der Waals surface area contributed by atoms with Gasteiger partial charge in [0.1, 0.15) is 18.4 Å². The molecule has 0 saturated carbocycles. The second kappa shape index (κ2) is 12.1. The highest BCUT2D eigenvalue weighted by Crippen LogP contribution is 2.27. The number of carbonyl (C=O) groups is 2. The molecule has 2 heterocycles. The molecule has 2 N–H and O–H groups in total. The first-order valence-corrected chi connectivity index (χ1v) is 12.8. The van der Waals surface area contributed by atoms with Gasteiger partial charge in [-0.3, -0.25) is 0 Å². The van der Waals surface area contributed by atoms with E-state index in [4.69, 9.17) is 13.9 Å². The Morgan fingerprint density at radius 1 is 0.923 bits per heavy atom. The molecule has 0 fully saturated rings. The first-order valence-electron chi connectivity index (χ1n) is 12.8. The topological polar surface area (TPSA) is 106 Å². The Kier molecular flexibility index (Phi) is 8.02. The van der Waals surface area contributed by atoms with E-state index >= 15 is 0 Å². The minimum Gasteiger partial charge on any atom is -0.461 e. The maximum absolute atomic E-state index is 12.9. The van der Waals surface area contributed by atoms with Gasteiger partial charge in [0.2, 0.25) is 5.89 Å². The van der Waals surface area contributed by atoms with Crippen molar-refractivity contribution in [3.8, 4) is 0 Å². The van der Waals surface area contributed by atoms with Crippen LogP contribution < -0.4 is 5.32 Å². The molecule has 0 aliphatic rings. The van der Waals surface area contributed by atoms with Crippen molar-refractivity contribution in [3.05, 3.63) is 125 Å². The molecule has 198 valence electrons. The first kappa shape index (κ1) is 25.8. The zero-order chi connectivity index (χ0) is 27.0. The molecule has 0 spiro atoms. The van der Waals surface area contributed by atoms with Gasteiger partial charge < -0.3 is 24.2 Å². The van der Waals surface area contributed by atoms with E-state index in [0.29, 0.717) is 18.6 Å². The number of aromatic nitrogens is 2. The van der Waals surface area contributed by atoms with Gasteiger partial charge in [0, 0.05) is 29.9 Å². The summed E-state index contributed by atoms with van der Waals surface area (Å²) in [6, 6.07) is 26.3. The van der Waals surface area contributed by atoms with Crippen LogP contribution in [0.1, 0.15) is 51.8 Å². The maximum atomic E-state index is 12.9. The van der Waals surface area contributed by atoms with Crippen LogP contribution in [0.5, 0.6) is 0 Å². The van der Waals surface area contributed by atoms with Crippen molar-refractivity contribution < 1.29 is 23.5 Å². The Bertz CT molecular complexity index is 1540. The molecule has 2 aromatic heterocycles. The van der Waals surface area contributed by atoms with Crippen molar-refractivity contribution in [2.24, 2.45) is 0 Å². The fraction of sp³-hybridized carbons (Fsp3) is 0.194. The fourth-order valence-electron chi connectivity index (χ4n) is 4.41. The lowest BCUT2D eigenvalue weighted by atomic mass is 10.0. The average molecular weight is 524 g/mol. The number of nitrogens with one attached hydrogen (secondary N) is 2. The molecule has 1 amide bonds. The quantitative estimate of drug-likeness (QED) is 0.213. The number of H-pyrrole nitrogens is 1. The predicted octanol–water partition coefficient (Wildman–Crippen LogP) is 6.13. The molecule has 0 aliphatic carbocycles. The molecule has 5 rings (SSSR count). The molecule has 39 heavy (non-hydrogen) atoms. The average Bonchev–Trinajstić information content (AvgIpc) is 3.57. The molecule has 0 radical (unpaired) electrons. The molecule has 5 aromatic rings. The van der Waals surface area contributed by atoms with Gasteiger partial charge in [-0.15, -0.1) is 0 Å². The Hall–Kier alpha value is -4.85. The van der Waals surface area contributed by atoms with E-state index in [9.17, 15) is 9.59 Å². The SMILES string of the molecule is CCOC(=O)c1nc([C@@H](Cc2c[nH]c3ccccc23)NC(=O)OCc2ccccc2)oc1Cc1ccccc1. The smallest absolute Gasteiger partial charge is 0.408 e. The maximum Gasteiger partial charge on any atom is 0.408 e. The summed E-state index contributed by atoms with van der Waals surface area (Å²) in [7, 11) is 0. The summed E-state index contributed by atoms with van der Waals surface area (Å²) in [5, 5.41) is 3.92. The van der Waals surface area contributed by atoms with E-state index in [1.807, 2.05) is 91.1 Å². The number of fused-ring (bicyclic) bond motifs is 1. The number of carbonyl (C=O) groups excluding carboxylic acids is 2. The van der Waals surface area contributed by atoms with Crippen LogP contribution >= 0.6 is 0 Å². The number of ether oxygens (including phenoxy) is 2. The Morgan fingerprint density at radius 3 is 2.36 bits per heavy atom. The van der Waals surface area contributed by atoms with Crippen LogP contribution in [0.4, 0.5) is 4.79 Å². The Morgan fingerprint density at radius 2 is 1.62 bits per heavy atom. The van der Waals surface area contributed by atoms with Crippen LogP contribution in [0.15, 0.2) is 95.5 Å².